The van der Waals surface area contributed by atoms with Crippen LogP contribution in [-0.4, -0.2) is 19.1 Å². The van der Waals surface area contributed by atoms with Crippen molar-refractivity contribution in [1.29, 1.82) is 0 Å². The molecule has 0 aliphatic carbocycles. The summed E-state index contributed by atoms with van der Waals surface area (Å²) in [6, 6.07) is 7.50. The van der Waals surface area contributed by atoms with Gasteiger partial charge in [-0.2, -0.15) is 0 Å². The zero-order valence-electron chi connectivity index (χ0n) is 10.4. The third-order valence-electron chi connectivity index (χ3n) is 2.72. The molecule has 1 N–H and O–H groups in total. The van der Waals surface area contributed by atoms with Gasteiger partial charge in [0.2, 0.25) is 0 Å². The Balaban J connectivity index is 2.98. The fourth-order valence-corrected chi connectivity index (χ4v) is 2.03. The second-order valence-electron chi connectivity index (χ2n) is 3.95. The number of rotatable bonds is 5. The lowest BCUT2D eigenvalue weighted by Crippen LogP contribution is -2.35. The highest BCUT2D eigenvalue weighted by atomic mass is 79.9. The number of halogens is 1. The molecule has 0 heterocycles. The molecule has 0 fully saturated rings. The van der Waals surface area contributed by atoms with Crippen LogP contribution >= 0.6 is 15.9 Å². The quantitative estimate of drug-likeness (QED) is 0.849. The molecule has 17 heavy (non-hydrogen) atoms. The molecule has 1 rings (SSSR count). The van der Waals surface area contributed by atoms with E-state index in [-0.39, 0.29) is 12.0 Å². The minimum absolute atomic E-state index is 0.256. The Morgan fingerprint density at radius 3 is 2.65 bits per heavy atom. The summed E-state index contributed by atoms with van der Waals surface area (Å²) in [6.07, 6.45) is 0.956. The van der Waals surface area contributed by atoms with Crippen LogP contribution in [0, 0.1) is 0 Å². The molecule has 0 saturated carbocycles. The monoisotopic (exact) mass is 299 g/mol. The Labute approximate surface area is 111 Å². The van der Waals surface area contributed by atoms with Gasteiger partial charge in [0.15, 0.2) is 0 Å². The van der Waals surface area contributed by atoms with E-state index in [1.54, 1.807) is 0 Å². The fourth-order valence-electron chi connectivity index (χ4n) is 1.51. The summed E-state index contributed by atoms with van der Waals surface area (Å²) < 4.78 is 5.75. The molecule has 0 radical (unpaired) electrons. The van der Waals surface area contributed by atoms with E-state index < -0.39 is 6.04 Å². The highest BCUT2D eigenvalue weighted by Crippen LogP contribution is 2.24. The molecule has 0 bridgehead atoms. The number of carbonyl (C=O) groups is 1. The maximum atomic E-state index is 11.8. The van der Waals surface area contributed by atoms with E-state index in [2.05, 4.69) is 28.2 Å². The molecule has 4 heteroatoms. The molecule has 0 aliphatic rings. The van der Waals surface area contributed by atoms with Crippen LogP contribution in [0.15, 0.2) is 28.7 Å². The van der Waals surface area contributed by atoms with Crippen LogP contribution in [0.2, 0.25) is 0 Å². The van der Waals surface area contributed by atoms with Crippen LogP contribution in [0.1, 0.15) is 31.9 Å². The lowest BCUT2D eigenvalue weighted by molar-refractivity contribution is -0.143. The second kappa shape index (κ2) is 6.77. The number of hydrogen-bond acceptors (Lipinski definition) is 3. The average molecular weight is 300 g/mol. The average Bonchev–Trinajstić information content (AvgIpc) is 2.35. The molecular weight excluding hydrogens is 282 g/mol. The summed E-state index contributed by atoms with van der Waals surface area (Å²) in [7, 11) is 1.41. The van der Waals surface area contributed by atoms with E-state index in [4.69, 9.17) is 4.74 Å². The van der Waals surface area contributed by atoms with Gasteiger partial charge in [0.25, 0.3) is 0 Å². The summed E-state index contributed by atoms with van der Waals surface area (Å²) in [4.78, 5) is 11.8. The van der Waals surface area contributed by atoms with E-state index in [1.807, 2.05) is 31.2 Å². The fraction of sp³-hybridized carbons (Fsp3) is 0.462. The number of carbonyl (C=O) groups excluding carboxylic acids is 1. The molecular formula is C13H18BrNO2. The highest BCUT2D eigenvalue weighted by Gasteiger charge is 2.24. The number of hydrogen-bond donors (Lipinski definition) is 1. The number of esters is 1. The zero-order chi connectivity index (χ0) is 12.8. The summed E-state index contributed by atoms with van der Waals surface area (Å²) in [5.41, 5.74) is 0.902. The predicted octanol–water partition coefficient (Wildman–Crippen LogP) is 3.05. The Kier molecular flexibility index (Phi) is 5.65. The lowest BCUT2D eigenvalue weighted by Gasteiger charge is -2.21. The van der Waals surface area contributed by atoms with Crippen molar-refractivity contribution in [3.63, 3.8) is 0 Å². The molecule has 0 amide bonds. The first-order valence-corrected chi connectivity index (χ1v) is 6.47. The summed E-state index contributed by atoms with van der Waals surface area (Å²) in [5, 5.41) is 3.27. The van der Waals surface area contributed by atoms with E-state index in [0.717, 1.165) is 16.5 Å². The van der Waals surface area contributed by atoms with E-state index in [9.17, 15) is 4.79 Å². The minimum atomic E-state index is -0.425. The molecule has 1 aromatic carbocycles. The summed E-state index contributed by atoms with van der Waals surface area (Å²) in [6.45, 7) is 4.12. The van der Waals surface area contributed by atoms with E-state index >= 15 is 0 Å². The molecule has 0 spiro atoms. The summed E-state index contributed by atoms with van der Waals surface area (Å²) >= 11 is 3.46. The van der Waals surface area contributed by atoms with Crippen molar-refractivity contribution in [3.05, 3.63) is 34.3 Å². The summed E-state index contributed by atoms with van der Waals surface area (Å²) in [5.74, 6) is -0.266. The molecule has 2 atom stereocenters. The molecule has 94 valence electrons. The third-order valence-corrected chi connectivity index (χ3v) is 3.44. The van der Waals surface area contributed by atoms with Gasteiger partial charge in [-0.3, -0.25) is 5.32 Å². The third kappa shape index (κ3) is 3.82. The van der Waals surface area contributed by atoms with Gasteiger partial charge in [0, 0.05) is 10.5 Å². The van der Waals surface area contributed by atoms with Crippen LogP contribution in [-0.2, 0) is 9.53 Å². The van der Waals surface area contributed by atoms with Crippen molar-refractivity contribution in [2.45, 2.75) is 32.4 Å². The Morgan fingerprint density at radius 2 is 2.12 bits per heavy atom. The van der Waals surface area contributed by atoms with Crippen molar-refractivity contribution in [2.75, 3.05) is 7.11 Å². The number of ether oxygens (including phenoxy) is 1. The first-order chi connectivity index (χ1) is 8.10. The van der Waals surface area contributed by atoms with Gasteiger partial charge in [-0.25, -0.2) is 4.79 Å². The van der Waals surface area contributed by atoms with Crippen LogP contribution in [0.3, 0.4) is 0 Å². The van der Waals surface area contributed by atoms with Crippen LogP contribution in [0.4, 0.5) is 0 Å². The number of benzene rings is 1. The predicted molar refractivity (Wildman–Crippen MR) is 71.8 cm³/mol. The van der Waals surface area contributed by atoms with E-state index in [1.165, 1.54) is 7.11 Å². The number of nitrogens with one attached hydrogen (secondary N) is 1. The maximum Gasteiger partial charge on any atom is 0.327 e. The van der Waals surface area contributed by atoms with Gasteiger partial charge in [-0.1, -0.05) is 41.1 Å². The molecule has 0 aromatic heterocycles. The van der Waals surface area contributed by atoms with Gasteiger partial charge >= 0.3 is 5.97 Å². The maximum absolute atomic E-state index is 11.8. The van der Waals surface area contributed by atoms with Gasteiger partial charge in [-0.15, -0.1) is 0 Å². The first kappa shape index (κ1) is 14.2. The van der Waals surface area contributed by atoms with Gasteiger partial charge < -0.3 is 4.74 Å². The van der Waals surface area contributed by atoms with Crippen LogP contribution < -0.4 is 5.32 Å². The van der Waals surface area contributed by atoms with Crippen molar-refractivity contribution in [1.82, 2.24) is 5.32 Å². The van der Waals surface area contributed by atoms with Crippen molar-refractivity contribution in [2.24, 2.45) is 0 Å². The smallest absolute Gasteiger partial charge is 0.327 e. The molecule has 2 unspecified atom stereocenters. The Bertz CT molecular complexity index is 381. The minimum Gasteiger partial charge on any atom is -0.468 e. The molecule has 0 aliphatic heterocycles. The van der Waals surface area contributed by atoms with E-state index in [0.29, 0.717) is 0 Å². The van der Waals surface area contributed by atoms with Gasteiger partial charge in [-0.05, 0) is 25.0 Å². The van der Waals surface area contributed by atoms with Crippen LogP contribution in [0.25, 0.3) is 0 Å². The van der Waals surface area contributed by atoms with Gasteiger partial charge in [0.1, 0.15) is 6.04 Å². The van der Waals surface area contributed by atoms with Crippen molar-refractivity contribution >= 4 is 21.9 Å². The van der Waals surface area contributed by atoms with Crippen molar-refractivity contribution < 1.29 is 9.53 Å². The van der Waals surface area contributed by atoms with Crippen molar-refractivity contribution in [3.8, 4) is 0 Å². The molecule has 1 aromatic rings. The standard InChI is InChI=1S/C13H18BrNO2/c1-4-9(2)15-12(13(16)17-3)10-7-5-6-8-11(10)14/h5-9,12,15H,4H2,1-3H3. The highest BCUT2D eigenvalue weighted by molar-refractivity contribution is 9.10. The Morgan fingerprint density at radius 1 is 1.47 bits per heavy atom. The normalized spacial score (nSPS) is 14.1. The van der Waals surface area contributed by atoms with Gasteiger partial charge in [0.05, 0.1) is 7.11 Å². The topological polar surface area (TPSA) is 38.3 Å². The number of methoxy groups -OCH3 is 1. The van der Waals surface area contributed by atoms with Crippen LogP contribution in [0.5, 0.6) is 0 Å². The Hall–Kier alpha value is -0.870. The lowest BCUT2D eigenvalue weighted by atomic mass is 10.1. The second-order valence-corrected chi connectivity index (χ2v) is 4.81. The SMILES string of the molecule is CCC(C)NC(C(=O)OC)c1ccccc1Br. The largest absolute Gasteiger partial charge is 0.468 e. The first-order valence-electron chi connectivity index (χ1n) is 5.68. The molecule has 0 saturated heterocycles. The molecule has 3 nitrogen and oxygen atoms in total. The zero-order valence-corrected chi connectivity index (χ0v) is 12.0.